The highest BCUT2D eigenvalue weighted by atomic mass is 16.6. The number of amides is 1. The van der Waals surface area contributed by atoms with Gasteiger partial charge in [-0.05, 0) is 6.07 Å². The third-order valence-electron chi connectivity index (χ3n) is 2.09. The molecule has 0 spiro atoms. The van der Waals surface area contributed by atoms with Crippen LogP contribution in [0.5, 0.6) is 11.5 Å². The lowest BCUT2D eigenvalue weighted by Gasteiger charge is -2.10. The summed E-state index contributed by atoms with van der Waals surface area (Å²) in [6.45, 7) is 0.163. The molecule has 2 rings (SSSR count). The van der Waals surface area contributed by atoms with Crippen molar-refractivity contribution in [2.24, 2.45) is 0 Å². The number of hydrogen-bond acceptors (Lipinski definition) is 4. The predicted molar refractivity (Wildman–Crippen MR) is 47.0 cm³/mol. The smallest absolute Gasteiger partial charge is 0.407 e. The second kappa shape index (κ2) is 3.10. The van der Waals surface area contributed by atoms with Gasteiger partial charge in [-0.2, -0.15) is 0 Å². The number of para-hydroxylation sites is 1. The molecule has 1 saturated heterocycles. The Kier molecular flexibility index (Phi) is 1.92. The van der Waals surface area contributed by atoms with Gasteiger partial charge in [0.2, 0.25) is 0 Å². The minimum Gasteiger partial charge on any atom is -0.504 e. The van der Waals surface area contributed by atoms with E-state index in [1.807, 2.05) is 0 Å². The number of nitrogens with one attached hydrogen (secondary N) is 1. The Morgan fingerprint density at radius 1 is 1.43 bits per heavy atom. The zero-order valence-corrected chi connectivity index (χ0v) is 7.23. The summed E-state index contributed by atoms with van der Waals surface area (Å²) in [6, 6.07) is 4.19. The van der Waals surface area contributed by atoms with Crippen molar-refractivity contribution in [1.82, 2.24) is 5.32 Å². The topological polar surface area (TPSA) is 78.8 Å². The van der Waals surface area contributed by atoms with E-state index in [9.17, 15) is 15.0 Å². The second-order valence-electron chi connectivity index (χ2n) is 3.01. The van der Waals surface area contributed by atoms with E-state index in [2.05, 4.69) is 10.1 Å². The largest absolute Gasteiger partial charge is 0.504 e. The highest BCUT2D eigenvalue weighted by molar-refractivity contribution is 5.70. The summed E-state index contributed by atoms with van der Waals surface area (Å²) >= 11 is 0. The van der Waals surface area contributed by atoms with E-state index < -0.39 is 12.1 Å². The molecule has 5 heteroatoms. The molecule has 0 saturated carbocycles. The number of ether oxygens (including phenoxy) is 1. The van der Waals surface area contributed by atoms with Gasteiger partial charge in [-0.15, -0.1) is 0 Å². The third-order valence-corrected chi connectivity index (χ3v) is 2.09. The summed E-state index contributed by atoms with van der Waals surface area (Å²) in [5.74, 6) is -0.424. The number of cyclic esters (lactones) is 1. The van der Waals surface area contributed by atoms with E-state index in [-0.39, 0.29) is 18.1 Å². The third kappa shape index (κ3) is 1.32. The fourth-order valence-corrected chi connectivity index (χ4v) is 1.38. The molecule has 1 aliphatic rings. The highest BCUT2D eigenvalue weighted by Gasteiger charge is 2.26. The van der Waals surface area contributed by atoms with Crippen molar-refractivity contribution >= 4 is 6.09 Å². The van der Waals surface area contributed by atoms with Crippen LogP contribution in [0.25, 0.3) is 0 Å². The van der Waals surface area contributed by atoms with Gasteiger partial charge in [0.25, 0.3) is 0 Å². The number of carbonyl (C=O) groups is 1. The SMILES string of the molecule is O=C1N[C@@H](c2cccc(O)c2O)CO1. The van der Waals surface area contributed by atoms with Crippen LogP contribution in [-0.4, -0.2) is 22.9 Å². The summed E-state index contributed by atoms with van der Waals surface area (Å²) < 4.78 is 4.67. The predicted octanol–water partition coefficient (Wildman–Crippen LogP) is 0.879. The molecular weight excluding hydrogens is 186 g/mol. The standard InChI is InChI=1S/C9H9NO4/c11-7-3-1-2-5(8(7)12)6-4-14-9(13)10-6/h1-3,6,11-12H,4H2,(H,10,13)/t6-/m1/s1. The summed E-state index contributed by atoms with van der Waals surface area (Å²) in [7, 11) is 0. The van der Waals surface area contributed by atoms with E-state index in [1.165, 1.54) is 6.07 Å². The number of benzene rings is 1. The molecule has 0 bridgehead atoms. The first-order chi connectivity index (χ1) is 6.68. The van der Waals surface area contributed by atoms with Crippen molar-refractivity contribution in [2.45, 2.75) is 6.04 Å². The summed E-state index contributed by atoms with van der Waals surface area (Å²) in [6.07, 6.45) is -0.516. The van der Waals surface area contributed by atoms with Crippen LogP contribution in [0.3, 0.4) is 0 Å². The van der Waals surface area contributed by atoms with Gasteiger partial charge in [-0.25, -0.2) is 4.79 Å². The molecule has 1 aliphatic heterocycles. The van der Waals surface area contributed by atoms with Crippen molar-refractivity contribution in [3.05, 3.63) is 23.8 Å². The summed E-state index contributed by atoms with van der Waals surface area (Å²) in [5.41, 5.74) is 0.454. The second-order valence-corrected chi connectivity index (χ2v) is 3.01. The lowest BCUT2D eigenvalue weighted by Crippen LogP contribution is -2.18. The molecule has 5 nitrogen and oxygen atoms in total. The number of rotatable bonds is 1. The fraction of sp³-hybridized carbons (Fsp3) is 0.222. The Bertz CT molecular complexity index is 377. The van der Waals surface area contributed by atoms with Crippen molar-refractivity contribution in [3.63, 3.8) is 0 Å². The maximum Gasteiger partial charge on any atom is 0.407 e. The minimum absolute atomic E-state index is 0.163. The van der Waals surface area contributed by atoms with E-state index >= 15 is 0 Å². The number of phenols is 2. The zero-order valence-electron chi connectivity index (χ0n) is 7.23. The molecule has 0 aliphatic carbocycles. The van der Waals surface area contributed by atoms with Gasteiger partial charge in [0.15, 0.2) is 11.5 Å². The Hall–Kier alpha value is -1.91. The van der Waals surface area contributed by atoms with Crippen LogP contribution in [0.2, 0.25) is 0 Å². The highest BCUT2D eigenvalue weighted by Crippen LogP contribution is 2.33. The maximum atomic E-state index is 10.7. The number of alkyl carbamates (subject to hydrolysis) is 1. The average Bonchev–Trinajstić information content (AvgIpc) is 2.57. The monoisotopic (exact) mass is 195 g/mol. The molecule has 1 aromatic rings. The Morgan fingerprint density at radius 2 is 2.21 bits per heavy atom. The molecule has 74 valence electrons. The van der Waals surface area contributed by atoms with Crippen molar-refractivity contribution in [3.8, 4) is 11.5 Å². The first-order valence-corrected chi connectivity index (χ1v) is 4.12. The van der Waals surface area contributed by atoms with Crippen LogP contribution in [-0.2, 0) is 4.74 Å². The van der Waals surface area contributed by atoms with Gasteiger partial charge in [0.05, 0.1) is 6.04 Å². The van der Waals surface area contributed by atoms with Gasteiger partial charge in [0, 0.05) is 5.56 Å². The number of carbonyl (C=O) groups excluding carboxylic acids is 1. The van der Waals surface area contributed by atoms with Crippen molar-refractivity contribution in [1.29, 1.82) is 0 Å². The molecule has 0 aromatic heterocycles. The molecule has 14 heavy (non-hydrogen) atoms. The van der Waals surface area contributed by atoms with Crippen LogP contribution in [0, 0.1) is 0 Å². The molecule has 0 radical (unpaired) electrons. The zero-order chi connectivity index (χ0) is 10.1. The van der Waals surface area contributed by atoms with Gasteiger partial charge >= 0.3 is 6.09 Å². The van der Waals surface area contributed by atoms with E-state index in [0.29, 0.717) is 5.56 Å². The minimum atomic E-state index is -0.516. The Morgan fingerprint density at radius 3 is 2.86 bits per heavy atom. The quantitative estimate of drug-likeness (QED) is 0.581. The molecular formula is C9H9NO4. The average molecular weight is 195 g/mol. The maximum absolute atomic E-state index is 10.7. The summed E-state index contributed by atoms with van der Waals surface area (Å²) in [4.78, 5) is 10.7. The van der Waals surface area contributed by atoms with Gasteiger partial charge in [-0.3, -0.25) is 0 Å². The molecule has 1 amide bonds. The molecule has 1 fully saturated rings. The number of aromatic hydroxyl groups is 2. The number of hydrogen-bond donors (Lipinski definition) is 3. The Labute approximate surface area is 79.9 Å². The van der Waals surface area contributed by atoms with Crippen LogP contribution < -0.4 is 5.32 Å². The van der Waals surface area contributed by atoms with Crippen LogP contribution in [0.15, 0.2) is 18.2 Å². The lowest BCUT2D eigenvalue weighted by molar-refractivity contribution is 0.177. The Balaban J connectivity index is 2.32. The lowest BCUT2D eigenvalue weighted by atomic mass is 10.1. The fourth-order valence-electron chi connectivity index (χ4n) is 1.38. The van der Waals surface area contributed by atoms with Crippen molar-refractivity contribution in [2.75, 3.05) is 6.61 Å². The first kappa shape index (κ1) is 8.68. The van der Waals surface area contributed by atoms with Crippen LogP contribution in [0.1, 0.15) is 11.6 Å². The van der Waals surface area contributed by atoms with Crippen LogP contribution in [0.4, 0.5) is 4.79 Å². The van der Waals surface area contributed by atoms with Crippen molar-refractivity contribution < 1.29 is 19.7 Å². The van der Waals surface area contributed by atoms with E-state index in [1.54, 1.807) is 12.1 Å². The van der Waals surface area contributed by atoms with Gasteiger partial charge in [0.1, 0.15) is 6.61 Å². The number of phenolic OH excluding ortho intramolecular Hbond substituents is 2. The van der Waals surface area contributed by atoms with Gasteiger partial charge in [-0.1, -0.05) is 12.1 Å². The molecule has 3 N–H and O–H groups in total. The van der Waals surface area contributed by atoms with Crippen LogP contribution >= 0.6 is 0 Å². The first-order valence-electron chi connectivity index (χ1n) is 4.12. The molecule has 1 heterocycles. The molecule has 0 unspecified atom stereocenters. The molecule has 1 atom stereocenters. The normalized spacial score (nSPS) is 20.3. The van der Waals surface area contributed by atoms with E-state index in [0.717, 1.165) is 0 Å². The van der Waals surface area contributed by atoms with Gasteiger partial charge < -0.3 is 20.3 Å². The van der Waals surface area contributed by atoms with E-state index in [4.69, 9.17) is 0 Å². The summed E-state index contributed by atoms with van der Waals surface area (Å²) in [5, 5.41) is 21.2. The molecule has 1 aromatic carbocycles.